The highest BCUT2D eigenvalue weighted by atomic mass is 16.2. The van der Waals surface area contributed by atoms with E-state index < -0.39 is 0 Å². The van der Waals surface area contributed by atoms with Crippen LogP contribution in [0.15, 0.2) is 79.1 Å². The third kappa shape index (κ3) is 2.93. The maximum absolute atomic E-state index is 13.4. The third-order valence-corrected chi connectivity index (χ3v) is 7.60. The van der Waals surface area contributed by atoms with Crippen LogP contribution in [0.3, 0.4) is 0 Å². The molecular formula is C27H24N2O2. The molecule has 1 aromatic heterocycles. The lowest BCUT2D eigenvalue weighted by Crippen LogP contribution is -2.32. The molecule has 5 atom stereocenters. The summed E-state index contributed by atoms with van der Waals surface area (Å²) in [5.74, 6) is 0.729. The summed E-state index contributed by atoms with van der Waals surface area (Å²) in [4.78, 5) is 32.3. The summed E-state index contributed by atoms with van der Waals surface area (Å²) in [6.45, 7) is 0. The normalized spacial score (nSPS) is 28.9. The highest BCUT2D eigenvalue weighted by Gasteiger charge is 2.64. The topological polar surface area (TPSA) is 50.3 Å². The maximum atomic E-state index is 13.4. The molecule has 2 amide bonds. The fourth-order valence-electron chi connectivity index (χ4n) is 6.30. The monoisotopic (exact) mass is 408 g/mol. The molecule has 3 aromatic rings. The molecule has 0 radical (unpaired) electrons. The van der Waals surface area contributed by atoms with Crippen molar-refractivity contribution in [2.75, 3.05) is 4.90 Å². The van der Waals surface area contributed by atoms with Gasteiger partial charge in [0.1, 0.15) is 0 Å². The van der Waals surface area contributed by atoms with E-state index in [-0.39, 0.29) is 29.6 Å². The van der Waals surface area contributed by atoms with E-state index in [0.717, 1.165) is 24.8 Å². The highest BCUT2D eigenvalue weighted by molar-refractivity contribution is 6.22. The van der Waals surface area contributed by atoms with E-state index in [1.54, 1.807) is 12.4 Å². The van der Waals surface area contributed by atoms with Crippen molar-refractivity contribution in [1.29, 1.82) is 0 Å². The van der Waals surface area contributed by atoms with Gasteiger partial charge in [0.25, 0.3) is 0 Å². The molecule has 2 heterocycles. The zero-order valence-corrected chi connectivity index (χ0v) is 17.2. The second kappa shape index (κ2) is 7.16. The molecule has 2 saturated carbocycles. The van der Waals surface area contributed by atoms with Gasteiger partial charge in [0.15, 0.2) is 0 Å². The molecule has 0 spiro atoms. The second-order valence-corrected chi connectivity index (χ2v) is 9.17. The Balaban J connectivity index is 1.24. The minimum Gasteiger partial charge on any atom is -0.274 e. The lowest BCUT2D eigenvalue weighted by atomic mass is 9.73. The second-order valence-electron chi connectivity index (χ2n) is 9.17. The minimum atomic E-state index is -0.159. The Morgan fingerprint density at radius 2 is 1.45 bits per heavy atom. The molecular weight excluding hydrogens is 384 g/mol. The number of rotatable bonds is 4. The van der Waals surface area contributed by atoms with Crippen LogP contribution in [-0.4, -0.2) is 16.8 Å². The van der Waals surface area contributed by atoms with Crippen LogP contribution in [0.4, 0.5) is 5.69 Å². The summed E-state index contributed by atoms with van der Waals surface area (Å²) in [5, 5.41) is 0. The average molecular weight is 409 g/mol. The van der Waals surface area contributed by atoms with Crippen LogP contribution < -0.4 is 4.90 Å². The lowest BCUT2D eigenvalue weighted by molar-refractivity contribution is -0.123. The Kier molecular flexibility index (Phi) is 4.27. The van der Waals surface area contributed by atoms with Gasteiger partial charge in [-0.05, 0) is 78.0 Å². The van der Waals surface area contributed by atoms with E-state index in [0.29, 0.717) is 17.5 Å². The molecule has 2 aromatic carbocycles. The standard InChI is InChI=1S/C27H24N2O2/c30-26-24-20-15-22(19-4-2-1-3-5-19)23(16-20)25(24)27(31)29(26)21-8-6-17(7-9-21)14-18-10-12-28-13-11-18/h1-13,20,22-25H,14-16H2. The Hall–Kier alpha value is -3.27. The van der Waals surface area contributed by atoms with Crippen LogP contribution in [0.2, 0.25) is 0 Å². The zero-order chi connectivity index (χ0) is 20.9. The number of imide groups is 1. The molecule has 4 heteroatoms. The molecule has 1 saturated heterocycles. The largest absolute Gasteiger partial charge is 0.274 e. The van der Waals surface area contributed by atoms with Crippen molar-refractivity contribution in [2.45, 2.75) is 25.2 Å². The van der Waals surface area contributed by atoms with Crippen LogP contribution in [0, 0.1) is 23.7 Å². The highest BCUT2D eigenvalue weighted by Crippen LogP contribution is 2.61. The molecule has 2 aliphatic carbocycles. The van der Waals surface area contributed by atoms with Crippen molar-refractivity contribution in [2.24, 2.45) is 23.7 Å². The third-order valence-electron chi connectivity index (χ3n) is 7.60. The van der Waals surface area contributed by atoms with Crippen LogP contribution in [0.5, 0.6) is 0 Å². The number of hydrogen-bond donors (Lipinski definition) is 0. The number of benzene rings is 2. The van der Waals surface area contributed by atoms with Crippen LogP contribution in [0.25, 0.3) is 0 Å². The van der Waals surface area contributed by atoms with E-state index in [1.165, 1.54) is 16.0 Å². The SMILES string of the molecule is O=C1C2C3CC(c4ccccc4)C(C3)C2C(=O)N1c1ccc(Cc2ccncc2)cc1. The number of carbonyl (C=O) groups is 2. The van der Waals surface area contributed by atoms with Gasteiger partial charge in [0.05, 0.1) is 17.5 Å². The number of carbonyl (C=O) groups excluding carboxylic acids is 2. The number of anilines is 1. The van der Waals surface area contributed by atoms with Gasteiger partial charge in [-0.1, -0.05) is 42.5 Å². The first-order valence-electron chi connectivity index (χ1n) is 11.1. The molecule has 5 unspecified atom stereocenters. The fourth-order valence-corrected chi connectivity index (χ4v) is 6.30. The van der Waals surface area contributed by atoms with Crippen molar-refractivity contribution in [3.63, 3.8) is 0 Å². The number of nitrogens with zero attached hydrogens (tertiary/aromatic N) is 2. The number of pyridine rings is 1. The summed E-state index contributed by atoms with van der Waals surface area (Å²) >= 11 is 0. The average Bonchev–Trinajstić information content (AvgIpc) is 3.47. The predicted molar refractivity (Wildman–Crippen MR) is 118 cm³/mol. The van der Waals surface area contributed by atoms with E-state index in [4.69, 9.17) is 0 Å². The molecule has 1 aliphatic heterocycles. The van der Waals surface area contributed by atoms with Crippen molar-refractivity contribution in [1.82, 2.24) is 4.98 Å². The van der Waals surface area contributed by atoms with Gasteiger partial charge in [-0.25, -0.2) is 0 Å². The van der Waals surface area contributed by atoms with Gasteiger partial charge in [-0.3, -0.25) is 19.5 Å². The van der Waals surface area contributed by atoms with Crippen LogP contribution in [-0.2, 0) is 16.0 Å². The summed E-state index contributed by atoms with van der Waals surface area (Å²) in [5.41, 5.74) is 4.36. The predicted octanol–water partition coefficient (Wildman–Crippen LogP) is 4.60. The van der Waals surface area contributed by atoms with Crippen molar-refractivity contribution < 1.29 is 9.59 Å². The molecule has 154 valence electrons. The van der Waals surface area contributed by atoms with Gasteiger partial charge >= 0.3 is 0 Å². The van der Waals surface area contributed by atoms with E-state index in [9.17, 15) is 9.59 Å². The first kappa shape index (κ1) is 18.5. The quantitative estimate of drug-likeness (QED) is 0.593. The van der Waals surface area contributed by atoms with Crippen molar-refractivity contribution in [3.05, 3.63) is 95.8 Å². The molecule has 31 heavy (non-hydrogen) atoms. The fraction of sp³-hybridized carbons (Fsp3) is 0.296. The summed E-state index contributed by atoms with van der Waals surface area (Å²) in [6, 6.07) is 22.4. The minimum absolute atomic E-state index is 0.00464. The summed E-state index contributed by atoms with van der Waals surface area (Å²) < 4.78 is 0. The van der Waals surface area contributed by atoms with Crippen LogP contribution in [0.1, 0.15) is 35.4 Å². The maximum Gasteiger partial charge on any atom is 0.237 e. The molecule has 3 fully saturated rings. The van der Waals surface area contributed by atoms with Crippen molar-refractivity contribution >= 4 is 17.5 Å². The summed E-state index contributed by atoms with van der Waals surface area (Å²) in [6.07, 6.45) is 6.42. The van der Waals surface area contributed by atoms with E-state index in [1.807, 2.05) is 42.5 Å². The smallest absolute Gasteiger partial charge is 0.237 e. The number of aromatic nitrogens is 1. The number of amides is 2. The Morgan fingerprint density at radius 1 is 0.774 bits per heavy atom. The van der Waals surface area contributed by atoms with Crippen LogP contribution >= 0.6 is 0 Å². The first-order chi connectivity index (χ1) is 15.2. The van der Waals surface area contributed by atoms with E-state index >= 15 is 0 Å². The van der Waals surface area contributed by atoms with Gasteiger partial charge in [-0.15, -0.1) is 0 Å². The Morgan fingerprint density at radius 3 is 2.19 bits per heavy atom. The molecule has 0 N–H and O–H groups in total. The molecule has 4 nitrogen and oxygen atoms in total. The van der Waals surface area contributed by atoms with Gasteiger partial charge in [0, 0.05) is 12.4 Å². The molecule has 6 rings (SSSR count). The van der Waals surface area contributed by atoms with E-state index in [2.05, 4.69) is 29.2 Å². The van der Waals surface area contributed by atoms with Gasteiger partial charge < -0.3 is 0 Å². The lowest BCUT2D eigenvalue weighted by Gasteiger charge is -2.28. The zero-order valence-electron chi connectivity index (χ0n) is 17.2. The first-order valence-corrected chi connectivity index (χ1v) is 11.1. The van der Waals surface area contributed by atoms with Gasteiger partial charge in [0.2, 0.25) is 11.8 Å². The van der Waals surface area contributed by atoms with Gasteiger partial charge in [-0.2, -0.15) is 0 Å². The number of fused-ring (bicyclic) bond motifs is 5. The number of hydrogen-bond acceptors (Lipinski definition) is 3. The molecule has 3 aliphatic rings. The summed E-state index contributed by atoms with van der Waals surface area (Å²) in [7, 11) is 0. The Bertz CT molecular complexity index is 1130. The van der Waals surface area contributed by atoms with Crippen molar-refractivity contribution in [3.8, 4) is 0 Å². The Labute approximate surface area is 181 Å². The molecule has 2 bridgehead atoms.